The van der Waals surface area contributed by atoms with Crippen molar-refractivity contribution in [1.82, 2.24) is 0 Å². The van der Waals surface area contributed by atoms with E-state index in [-0.39, 0.29) is 17.6 Å². The number of halogens is 2. The molecule has 0 aromatic heterocycles. The summed E-state index contributed by atoms with van der Waals surface area (Å²) < 4.78 is 16.6. The fraction of sp³-hybridized carbons (Fsp3) is 0.600. The molecule has 0 radical (unpaired) electrons. The molecule has 0 aliphatic heterocycles. The maximum Gasteiger partial charge on any atom is 0.128 e. The van der Waals surface area contributed by atoms with Gasteiger partial charge in [0.1, 0.15) is 18.0 Å². The van der Waals surface area contributed by atoms with Crippen molar-refractivity contribution >= 4 is 23.2 Å². The van der Waals surface area contributed by atoms with E-state index < -0.39 is 0 Å². The minimum Gasteiger partial charge on any atom is -0.488 e. The zero-order valence-corrected chi connectivity index (χ0v) is 13.3. The predicted octanol–water partition coefficient (Wildman–Crippen LogP) is 3.69. The molecule has 0 heterocycles. The van der Waals surface area contributed by atoms with Crippen molar-refractivity contribution in [1.29, 1.82) is 0 Å². The van der Waals surface area contributed by atoms with Crippen LogP contribution >= 0.6 is 23.2 Å². The van der Waals surface area contributed by atoms with E-state index in [1.807, 2.05) is 18.2 Å². The van der Waals surface area contributed by atoms with E-state index in [1.165, 1.54) is 0 Å². The Morgan fingerprint density at radius 3 is 2.75 bits per heavy atom. The fourth-order valence-electron chi connectivity index (χ4n) is 2.19. The minimum absolute atomic E-state index is 0.000220. The van der Waals surface area contributed by atoms with Crippen molar-refractivity contribution < 1.29 is 14.2 Å². The lowest BCUT2D eigenvalue weighted by molar-refractivity contribution is -0.0898. The van der Waals surface area contributed by atoms with Gasteiger partial charge in [0.05, 0.1) is 18.6 Å². The number of hydrogen-bond donors (Lipinski definition) is 0. The quantitative estimate of drug-likeness (QED) is 0.567. The molecule has 1 fully saturated rings. The average Bonchev–Trinajstić information content (AvgIpc) is 2.45. The Morgan fingerprint density at radius 2 is 2.10 bits per heavy atom. The van der Waals surface area contributed by atoms with E-state index in [9.17, 15) is 0 Å². The Morgan fingerprint density at radius 1 is 1.30 bits per heavy atom. The normalized spacial score (nSPS) is 25.3. The van der Waals surface area contributed by atoms with E-state index in [0.29, 0.717) is 13.2 Å². The number of rotatable bonds is 7. The molecule has 1 saturated carbocycles. The standard InChI is InChI=1S/C15H20Cl2O3/c1-3-10-8-11(4-5-12(10)16)20-14-9-13(17)15(14)19-7-6-18-2/h4-5,8,13-15H,3,6-7,9H2,1-2H3. The summed E-state index contributed by atoms with van der Waals surface area (Å²) in [6, 6.07) is 5.73. The van der Waals surface area contributed by atoms with Crippen LogP contribution < -0.4 is 4.74 Å². The minimum atomic E-state index is -0.0763. The monoisotopic (exact) mass is 318 g/mol. The SMILES string of the molecule is CCc1cc(OC2CC(Cl)C2OCCOC)ccc1Cl. The molecule has 1 aromatic carbocycles. The number of benzene rings is 1. The highest BCUT2D eigenvalue weighted by atomic mass is 35.5. The molecule has 1 aliphatic rings. The van der Waals surface area contributed by atoms with Crippen LogP contribution in [0.1, 0.15) is 18.9 Å². The van der Waals surface area contributed by atoms with Crippen molar-refractivity contribution in [3.05, 3.63) is 28.8 Å². The van der Waals surface area contributed by atoms with Gasteiger partial charge in [0, 0.05) is 18.6 Å². The summed E-state index contributed by atoms with van der Waals surface area (Å²) in [5, 5.41) is 0.784. The lowest BCUT2D eigenvalue weighted by atomic mass is 9.91. The zero-order chi connectivity index (χ0) is 14.5. The molecule has 2 rings (SSSR count). The van der Waals surface area contributed by atoms with Crippen molar-refractivity contribution in [2.24, 2.45) is 0 Å². The maximum absolute atomic E-state index is 6.17. The van der Waals surface area contributed by atoms with Crippen LogP contribution in [0.3, 0.4) is 0 Å². The first-order chi connectivity index (χ1) is 9.65. The van der Waals surface area contributed by atoms with Gasteiger partial charge in [0.15, 0.2) is 0 Å². The first-order valence-electron chi connectivity index (χ1n) is 6.85. The predicted molar refractivity (Wildman–Crippen MR) is 81.1 cm³/mol. The Bertz CT molecular complexity index is 439. The fourth-order valence-corrected chi connectivity index (χ4v) is 2.85. The van der Waals surface area contributed by atoms with Gasteiger partial charge in [-0.05, 0) is 30.2 Å². The van der Waals surface area contributed by atoms with Crippen LogP contribution in [-0.2, 0) is 15.9 Å². The van der Waals surface area contributed by atoms with Crippen LogP contribution in [0.2, 0.25) is 5.02 Å². The highest BCUT2D eigenvalue weighted by Gasteiger charge is 2.42. The molecule has 1 aliphatic carbocycles. The maximum atomic E-state index is 6.17. The van der Waals surface area contributed by atoms with Gasteiger partial charge >= 0.3 is 0 Å². The van der Waals surface area contributed by atoms with Gasteiger partial charge in [-0.15, -0.1) is 11.6 Å². The number of aryl methyl sites for hydroxylation is 1. The molecule has 0 amide bonds. The van der Waals surface area contributed by atoms with Crippen LogP contribution in [0.15, 0.2) is 18.2 Å². The second kappa shape index (κ2) is 7.51. The molecule has 1 aromatic rings. The van der Waals surface area contributed by atoms with Gasteiger partial charge in [-0.3, -0.25) is 0 Å². The van der Waals surface area contributed by atoms with Gasteiger partial charge in [0.2, 0.25) is 0 Å². The summed E-state index contributed by atoms with van der Waals surface area (Å²) in [7, 11) is 1.65. The second-order valence-electron chi connectivity index (χ2n) is 4.84. The highest BCUT2D eigenvalue weighted by Crippen LogP contribution is 2.34. The number of methoxy groups -OCH3 is 1. The highest BCUT2D eigenvalue weighted by molar-refractivity contribution is 6.31. The topological polar surface area (TPSA) is 27.7 Å². The summed E-state index contributed by atoms with van der Waals surface area (Å²) in [5.74, 6) is 0.820. The largest absolute Gasteiger partial charge is 0.488 e. The lowest BCUT2D eigenvalue weighted by Gasteiger charge is -2.40. The van der Waals surface area contributed by atoms with Gasteiger partial charge in [-0.2, -0.15) is 0 Å². The molecule has 5 heteroatoms. The molecule has 0 bridgehead atoms. The van der Waals surface area contributed by atoms with Crippen LogP contribution in [0.4, 0.5) is 0 Å². The van der Waals surface area contributed by atoms with E-state index in [4.69, 9.17) is 37.4 Å². The third kappa shape index (κ3) is 3.79. The first kappa shape index (κ1) is 15.9. The third-order valence-corrected chi connectivity index (χ3v) is 4.26. The average molecular weight is 319 g/mol. The molecule has 3 unspecified atom stereocenters. The molecule has 112 valence electrons. The van der Waals surface area contributed by atoms with Gasteiger partial charge in [-0.25, -0.2) is 0 Å². The first-order valence-corrected chi connectivity index (χ1v) is 7.66. The van der Waals surface area contributed by atoms with Crippen molar-refractivity contribution in [3.8, 4) is 5.75 Å². The van der Waals surface area contributed by atoms with E-state index in [0.717, 1.165) is 29.2 Å². The molecule has 20 heavy (non-hydrogen) atoms. The Hall–Kier alpha value is -0.480. The Labute approximate surface area is 130 Å². The molecule has 3 atom stereocenters. The molecule has 0 spiro atoms. The molecule has 0 saturated heterocycles. The van der Waals surface area contributed by atoms with E-state index >= 15 is 0 Å². The second-order valence-corrected chi connectivity index (χ2v) is 5.81. The summed E-state index contributed by atoms with van der Waals surface area (Å²) >= 11 is 12.3. The molecule has 0 N–H and O–H groups in total. The van der Waals surface area contributed by atoms with Crippen LogP contribution in [-0.4, -0.2) is 37.9 Å². The Kier molecular flexibility index (Phi) is 5.97. The number of hydrogen-bond acceptors (Lipinski definition) is 3. The van der Waals surface area contributed by atoms with Gasteiger partial charge in [0.25, 0.3) is 0 Å². The van der Waals surface area contributed by atoms with Crippen LogP contribution in [0.25, 0.3) is 0 Å². The van der Waals surface area contributed by atoms with Crippen molar-refractivity contribution in [2.45, 2.75) is 37.4 Å². The van der Waals surface area contributed by atoms with Crippen LogP contribution in [0.5, 0.6) is 5.75 Å². The Balaban J connectivity index is 1.92. The summed E-state index contributed by atoms with van der Waals surface area (Å²) in [4.78, 5) is 0. The van der Waals surface area contributed by atoms with Crippen molar-refractivity contribution in [3.63, 3.8) is 0 Å². The third-order valence-electron chi connectivity index (χ3n) is 3.46. The summed E-state index contributed by atoms with van der Waals surface area (Å²) in [6.07, 6.45) is 1.60. The van der Waals surface area contributed by atoms with Gasteiger partial charge < -0.3 is 14.2 Å². The zero-order valence-electron chi connectivity index (χ0n) is 11.8. The van der Waals surface area contributed by atoms with Gasteiger partial charge in [-0.1, -0.05) is 18.5 Å². The van der Waals surface area contributed by atoms with E-state index in [1.54, 1.807) is 7.11 Å². The number of ether oxygens (including phenoxy) is 3. The van der Waals surface area contributed by atoms with Crippen LogP contribution in [0, 0.1) is 0 Å². The molecular formula is C15H20Cl2O3. The summed E-state index contributed by atoms with van der Waals surface area (Å²) in [6.45, 7) is 3.17. The number of alkyl halides is 1. The molecule has 3 nitrogen and oxygen atoms in total. The lowest BCUT2D eigenvalue weighted by Crippen LogP contribution is -2.53. The van der Waals surface area contributed by atoms with E-state index in [2.05, 4.69) is 6.92 Å². The smallest absolute Gasteiger partial charge is 0.128 e. The molecular weight excluding hydrogens is 299 g/mol. The van der Waals surface area contributed by atoms with Crippen molar-refractivity contribution in [2.75, 3.05) is 20.3 Å². The summed E-state index contributed by atoms with van der Waals surface area (Å²) in [5.41, 5.74) is 1.09.